The lowest BCUT2D eigenvalue weighted by molar-refractivity contribution is 0.0832. The number of alkyl halides is 1. The molecule has 0 amide bonds. The van der Waals surface area contributed by atoms with E-state index >= 15 is 0 Å². The lowest BCUT2D eigenvalue weighted by Crippen LogP contribution is -2.42. The van der Waals surface area contributed by atoms with Crippen LogP contribution in [0.15, 0.2) is 28.7 Å². The summed E-state index contributed by atoms with van der Waals surface area (Å²) in [6.45, 7) is 3.57. The standard InChI is InChI=1S/C14H19BrFN/c1-14(16,12-6-4-8-17-10-12)9-11-5-2-3-7-13(11)15/h2-3,5,7,12,17H,4,6,8-10H2,1H3. The highest BCUT2D eigenvalue weighted by Gasteiger charge is 2.35. The first-order valence-corrected chi connectivity index (χ1v) is 7.02. The predicted molar refractivity (Wildman–Crippen MR) is 73.0 cm³/mol. The third-order valence-corrected chi connectivity index (χ3v) is 4.42. The average molecular weight is 300 g/mol. The smallest absolute Gasteiger partial charge is 0.116 e. The highest BCUT2D eigenvalue weighted by Crippen LogP contribution is 2.33. The lowest BCUT2D eigenvalue weighted by atomic mass is 9.81. The first-order chi connectivity index (χ1) is 8.09. The van der Waals surface area contributed by atoms with Crippen molar-refractivity contribution >= 4 is 15.9 Å². The van der Waals surface area contributed by atoms with Crippen LogP contribution in [0.4, 0.5) is 4.39 Å². The fraction of sp³-hybridized carbons (Fsp3) is 0.571. The molecule has 0 spiro atoms. The van der Waals surface area contributed by atoms with Gasteiger partial charge in [0.25, 0.3) is 0 Å². The molecule has 1 saturated heterocycles. The molecule has 2 rings (SSSR count). The van der Waals surface area contributed by atoms with E-state index < -0.39 is 5.67 Å². The predicted octanol–water partition coefficient (Wildman–Crippen LogP) is 3.72. The van der Waals surface area contributed by atoms with Crippen molar-refractivity contribution in [3.63, 3.8) is 0 Å². The van der Waals surface area contributed by atoms with Crippen molar-refractivity contribution in [2.75, 3.05) is 13.1 Å². The van der Waals surface area contributed by atoms with Gasteiger partial charge in [0.15, 0.2) is 0 Å². The molecule has 0 aliphatic carbocycles. The maximum Gasteiger partial charge on any atom is 0.116 e. The number of benzene rings is 1. The first-order valence-electron chi connectivity index (χ1n) is 6.22. The van der Waals surface area contributed by atoms with Crippen LogP contribution >= 0.6 is 15.9 Å². The normalized spacial score (nSPS) is 24.3. The number of rotatable bonds is 3. The Morgan fingerprint density at radius 1 is 1.47 bits per heavy atom. The molecule has 1 nitrogen and oxygen atoms in total. The maximum absolute atomic E-state index is 14.8. The molecule has 3 heteroatoms. The van der Waals surface area contributed by atoms with E-state index in [-0.39, 0.29) is 5.92 Å². The van der Waals surface area contributed by atoms with Crippen LogP contribution in [0.2, 0.25) is 0 Å². The Morgan fingerprint density at radius 3 is 2.88 bits per heavy atom. The van der Waals surface area contributed by atoms with E-state index in [1.54, 1.807) is 6.92 Å². The summed E-state index contributed by atoms with van der Waals surface area (Å²) in [6, 6.07) is 7.91. The molecule has 0 radical (unpaired) electrons. The van der Waals surface area contributed by atoms with Crippen molar-refractivity contribution in [1.29, 1.82) is 0 Å². The van der Waals surface area contributed by atoms with Gasteiger partial charge in [0.05, 0.1) is 0 Å². The number of halogens is 2. The number of hydrogen-bond donors (Lipinski definition) is 1. The molecule has 1 fully saturated rings. The fourth-order valence-corrected chi connectivity index (χ4v) is 2.95. The van der Waals surface area contributed by atoms with Gasteiger partial charge in [0, 0.05) is 23.4 Å². The van der Waals surface area contributed by atoms with E-state index in [1.807, 2.05) is 24.3 Å². The van der Waals surface area contributed by atoms with Gasteiger partial charge in [-0.25, -0.2) is 4.39 Å². The summed E-state index contributed by atoms with van der Waals surface area (Å²) in [6.07, 6.45) is 2.56. The third-order valence-electron chi connectivity index (χ3n) is 3.64. The molecule has 17 heavy (non-hydrogen) atoms. The molecular formula is C14H19BrFN. The zero-order chi connectivity index (χ0) is 12.3. The van der Waals surface area contributed by atoms with Gasteiger partial charge in [0.2, 0.25) is 0 Å². The van der Waals surface area contributed by atoms with Crippen molar-refractivity contribution in [2.24, 2.45) is 5.92 Å². The minimum atomic E-state index is -1.13. The Labute approximate surface area is 111 Å². The molecule has 1 aromatic rings. The Hall–Kier alpha value is -0.410. The number of nitrogens with one attached hydrogen (secondary N) is 1. The van der Waals surface area contributed by atoms with Crippen LogP contribution in [0.3, 0.4) is 0 Å². The summed E-state index contributed by atoms with van der Waals surface area (Å²) >= 11 is 3.49. The van der Waals surface area contributed by atoms with Crippen LogP contribution < -0.4 is 5.32 Å². The average Bonchev–Trinajstić information content (AvgIpc) is 2.33. The largest absolute Gasteiger partial charge is 0.316 e. The number of hydrogen-bond acceptors (Lipinski definition) is 1. The van der Waals surface area contributed by atoms with E-state index in [2.05, 4.69) is 21.2 Å². The molecule has 0 bridgehead atoms. The summed E-state index contributed by atoms with van der Waals surface area (Å²) in [4.78, 5) is 0. The second kappa shape index (κ2) is 5.49. The minimum absolute atomic E-state index is 0.128. The quantitative estimate of drug-likeness (QED) is 0.897. The van der Waals surface area contributed by atoms with Gasteiger partial charge in [-0.15, -0.1) is 0 Å². The van der Waals surface area contributed by atoms with Gasteiger partial charge in [-0.05, 0) is 37.9 Å². The van der Waals surface area contributed by atoms with E-state index in [1.165, 1.54) is 0 Å². The van der Waals surface area contributed by atoms with Crippen LogP contribution in [-0.4, -0.2) is 18.8 Å². The zero-order valence-electron chi connectivity index (χ0n) is 10.2. The van der Waals surface area contributed by atoms with Crippen molar-refractivity contribution in [2.45, 2.75) is 31.9 Å². The molecule has 0 saturated carbocycles. The monoisotopic (exact) mass is 299 g/mol. The van der Waals surface area contributed by atoms with Crippen molar-refractivity contribution in [3.05, 3.63) is 34.3 Å². The molecule has 94 valence electrons. The second-order valence-corrected chi connectivity index (χ2v) is 5.94. The van der Waals surface area contributed by atoms with Gasteiger partial charge in [-0.3, -0.25) is 0 Å². The molecule has 2 atom stereocenters. The highest BCUT2D eigenvalue weighted by atomic mass is 79.9. The summed E-state index contributed by atoms with van der Waals surface area (Å²) in [5.41, 5.74) is -0.0693. The molecule has 1 N–H and O–H groups in total. The molecule has 1 heterocycles. The lowest BCUT2D eigenvalue weighted by Gasteiger charge is -2.34. The van der Waals surface area contributed by atoms with E-state index in [0.29, 0.717) is 6.42 Å². The molecule has 2 unspecified atom stereocenters. The fourth-order valence-electron chi connectivity index (χ4n) is 2.52. The summed E-state index contributed by atoms with van der Waals surface area (Å²) in [7, 11) is 0. The van der Waals surface area contributed by atoms with Crippen LogP contribution in [-0.2, 0) is 6.42 Å². The van der Waals surface area contributed by atoms with E-state index in [4.69, 9.17) is 0 Å². The minimum Gasteiger partial charge on any atom is -0.316 e. The topological polar surface area (TPSA) is 12.0 Å². The van der Waals surface area contributed by atoms with E-state index in [0.717, 1.165) is 36.0 Å². The Balaban J connectivity index is 2.08. The Kier molecular flexibility index (Phi) is 4.21. The van der Waals surface area contributed by atoms with Crippen LogP contribution in [0, 0.1) is 5.92 Å². The van der Waals surface area contributed by atoms with Crippen LogP contribution in [0.25, 0.3) is 0 Å². The highest BCUT2D eigenvalue weighted by molar-refractivity contribution is 9.10. The second-order valence-electron chi connectivity index (χ2n) is 5.09. The van der Waals surface area contributed by atoms with E-state index in [9.17, 15) is 4.39 Å². The third kappa shape index (κ3) is 3.29. The summed E-state index contributed by atoms with van der Waals surface area (Å²) < 4.78 is 15.8. The molecule has 1 aliphatic heterocycles. The van der Waals surface area contributed by atoms with Crippen molar-refractivity contribution < 1.29 is 4.39 Å². The maximum atomic E-state index is 14.8. The first kappa shape index (κ1) is 13.0. The molecule has 0 aromatic heterocycles. The summed E-state index contributed by atoms with van der Waals surface area (Å²) in [5, 5.41) is 3.29. The Morgan fingerprint density at radius 2 is 2.24 bits per heavy atom. The van der Waals surface area contributed by atoms with Gasteiger partial charge in [-0.2, -0.15) is 0 Å². The van der Waals surface area contributed by atoms with Crippen molar-refractivity contribution in [1.82, 2.24) is 5.32 Å². The molecule has 1 aromatic carbocycles. The number of piperidine rings is 1. The Bertz CT molecular complexity index is 372. The van der Waals surface area contributed by atoms with Crippen LogP contribution in [0.5, 0.6) is 0 Å². The van der Waals surface area contributed by atoms with Gasteiger partial charge >= 0.3 is 0 Å². The zero-order valence-corrected chi connectivity index (χ0v) is 11.8. The van der Waals surface area contributed by atoms with Crippen LogP contribution in [0.1, 0.15) is 25.3 Å². The van der Waals surface area contributed by atoms with Crippen molar-refractivity contribution in [3.8, 4) is 0 Å². The van der Waals surface area contributed by atoms with Gasteiger partial charge in [0.1, 0.15) is 5.67 Å². The SMILES string of the molecule is CC(F)(Cc1ccccc1Br)C1CCCNC1. The summed E-state index contributed by atoms with van der Waals surface area (Å²) in [5.74, 6) is 0.128. The van der Waals surface area contributed by atoms with Gasteiger partial charge in [-0.1, -0.05) is 34.1 Å². The van der Waals surface area contributed by atoms with Gasteiger partial charge < -0.3 is 5.32 Å². The molecule has 1 aliphatic rings. The molecular weight excluding hydrogens is 281 g/mol.